The van der Waals surface area contributed by atoms with Crippen molar-refractivity contribution in [1.29, 1.82) is 5.26 Å². The summed E-state index contributed by atoms with van der Waals surface area (Å²) in [4.78, 5) is 7.98. The van der Waals surface area contributed by atoms with Crippen molar-refractivity contribution in [1.82, 2.24) is 0 Å². The highest BCUT2D eigenvalue weighted by Crippen LogP contribution is 2.34. The normalized spacial score (nSPS) is 10.9. The van der Waals surface area contributed by atoms with Crippen LogP contribution < -0.4 is 0 Å². The fraction of sp³-hybridized carbons (Fsp3) is 0.231. The lowest BCUT2D eigenvalue weighted by Crippen LogP contribution is -1.76. The molecule has 0 N–H and O–H groups in total. The molecule has 2 nitrogen and oxygen atoms in total. The highest BCUT2D eigenvalue weighted by atomic mass is 32.1. The Kier molecular flexibility index (Phi) is 3.41. The molecule has 0 atom stereocenters. The van der Waals surface area contributed by atoms with E-state index in [4.69, 9.17) is 5.26 Å². The van der Waals surface area contributed by atoms with Crippen LogP contribution in [0.1, 0.15) is 25.8 Å². The Morgan fingerprint density at radius 2 is 2.00 bits per heavy atom. The van der Waals surface area contributed by atoms with Crippen LogP contribution in [0.5, 0.6) is 0 Å². The summed E-state index contributed by atoms with van der Waals surface area (Å²) in [6.07, 6.45) is 1.84. The van der Waals surface area contributed by atoms with E-state index in [0.717, 1.165) is 20.3 Å². The summed E-state index contributed by atoms with van der Waals surface area (Å²) in [5.41, 5.74) is 1.75. The molecule has 17 heavy (non-hydrogen) atoms. The van der Waals surface area contributed by atoms with Crippen molar-refractivity contribution in [2.75, 3.05) is 0 Å². The van der Waals surface area contributed by atoms with Gasteiger partial charge in [0.15, 0.2) is 0 Å². The molecular weight excluding hydrogens is 248 g/mol. The third kappa shape index (κ3) is 2.46. The molecular formula is C13H12N2S2. The van der Waals surface area contributed by atoms with Crippen molar-refractivity contribution >= 4 is 33.9 Å². The Bertz CT molecular complexity index is 612. The second-order valence-corrected chi connectivity index (χ2v) is 6.30. The summed E-state index contributed by atoms with van der Waals surface area (Å²) >= 11 is 3.28. The zero-order valence-corrected chi connectivity index (χ0v) is 11.6. The molecule has 0 aliphatic rings. The average molecular weight is 260 g/mol. The minimum absolute atomic E-state index is 0.706. The van der Waals surface area contributed by atoms with Gasteiger partial charge < -0.3 is 0 Å². The van der Waals surface area contributed by atoms with Crippen molar-refractivity contribution in [3.05, 3.63) is 37.9 Å². The Morgan fingerprint density at radius 3 is 2.59 bits per heavy atom. The minimum Gasteiger partial charge on any atom is -0.243 e. The summed E-state index contributed by atoms with van der Waals surface area (Å²) in [5.74, 6) is 0. The van der Waals surface area contributed by atoms with Crippen molar-refractivity contribution in [2.45, 2.75) is 20.8 Å². The molecule has 0 saturated carbocycles. The predicted molar refractivity (Wildman–Crippen MR) is 74.8 cm³/mol. The van der Waals surface area contributed by atoms with Crippen LogP contribution in [0.25, 0.3) is 0 Å². The van der Waals surface area contributed by atoms with Crippen molar-refractivity contribution < 1.29 is 0 Å². The summed E-state index contributed by atoms with van der Waals surface area (Å²) in [7, 11) is 0. The van der Waals surface area contributed by atoms with Gasteiger partial charge in [-0.05, 0) is 38.5 Å². The van der Waals surface area contributed by atoms with Gasteiger partial charge in [0, 0.05) is 20.8 Å². The van der Waals surface area contributed by atoms with Crippen LogP contribution in [0.15, 0.2) is 17.1 Å². The molecule has 86 valence electrons. The van der Waals surface area contributed by atoms with E-state index in [1.807, 2.05) is 26.1 Å². The van der Waals surface area contributed by atoms with E-state index in [1.165, 1.54) is 4.88 Å². The van der Waals surface area contributed by atoms with E-state index in [9.17, 15) is 0 Å². The molecule has 0 fully saturated rings. The molecule has 0 saturated heterocycles. The molecule has 0 aliphatic heterocycles. The van der Waals surface area contributed by atoms with Gasteiger partial charge in [0.25, 0.3) is 0 Å². The highest BCUT2D eigenvalue weighted by Gasteiger charge is 2.10. The molecule has 0 radical (unpaired) electrons. The maximum atomic E-state index is 9.10. The topological polar surface area (TPSA) is 36.1 Å². The number of nitrogens with zero attached hydrogens (tertiary/aromatic N) is 2. The van der Waals surface area contributed by atoms with Gasteiger partial charge in [0.1, 0.15) is 11.1 Å². The first kappa shape index (κ1) is 12.0. The second-order valence-electron chi connectivity index (χ2n) is 3.78. The number of thiophene rings is 2. The smallest absolute Gasteiger partial charge is 0.134 e. The summed E-state index contributed by atoms with van der Waals surface area (Å²) in [5, 5.41) is 9.91. The van der Waals surface area contributed by atoms with Gasteiger partial charge in [-0.15, -0.1) is 22.7 Å². The van der Waals surface area contributed by atoms with E-state index in [1.54, 1.807) is 22.7 Å². The summed E-state index contributed by atoms with van der Waals surface area (Å²) in [6, 6.07) is 6.34. The Morgan fingerprint density at radius 1 is 1.24 bits per heavy atom. The number of rotatable bonds is 2. The lowest BCUT2D eigenvalue weighted by molar-refractivity contribution is 1.38. The maximum Gasteiger partial charge on any atom is 0.134 e. The lowest BCUT2D eigenvalue weighted by atomic mass is 10.2. The van der Waals surface area contributed by atoms with E-state index in [0.29, 0.717) is 5.56 Å². The number of aliphatic imine (C=N–C) groups is 1. The van der Waals surface area contributed by atoms with Crippen LogP contribution >= 0.6 is 22.7 Å². The van der Waals surface area contributed by atoms with Gasteiger partial charge in [-0.2, -0.15) is 5.26 Å². The van der Waals surface area contributed by atoms with Gasteiger partial charge in [0.2, 0.25) is 0 Å². The standard InChI is InChI=1S/C13H12N2S2/c1-8-4-5-11(16-8)7-15-13-12(6-14)9(2)10(3)17-13/h4-5,7H,1-3H3/b15-7+. The van der Waals surface area contributed by atoms with Crippen molar-refractivity contribution in [3.63, 3.8) is 0 Å². The van der Waals surface area contributed by atoms with Gasteiger partial charge in [0.05, 0.1) is 5.56 Å². The summed E-state index contributed by atoms with van der Waals surface area (Å²) < 4.78 is 0. The molecule has 2 rings (SSSR count). The Hall–Kier alpha value is -1.44. The van der Waals surface area contributed by atoms with E-state index in [2.05, 4.69) is 24.1 Å². The zero-order chi connectivity index (χ0) is 12.4. The van der Waals surface area contributed by atoms with Crippen LogP contribution in [0.4, 0.5) is 5.00 Å². The van der Waals surface area contributed by atoms with E-state index >= 15 is 0 Å². The molecule has 0 amide bonds. The molecule has 0 aromatic carbocycles. The van der Waals surface area contributed by atoms with Gasteiger partial charge >= 0.3 is 0 Å². The Labute approximate surface area is 109 Å². The van der Waals surface area contributed by atoms with Crippen LogP contribution in [0.3, 0.4) is 0 Å². The van der Waals surface area contributed by atoms with Crippen LogP contribution in [-0.4, -0.2) is 6.21 Å². The molecule has 0 unspecified atom stereocenters. The lowest BCUT2D eigenvalue weighted by Gasteiger charge is -1.88. The third-order valence-electron chi connectivity index (χ3n) is 2.55. The molecule has 2 aromatic rings. The van der Waals surface area contributed by atoms with Crippen molar-refractivity contribution in [3.8, 4) is 6.07 Å². The van der Waals surface area contributed by atoms with E-state index in [-0.39, 0.29) is 0 Å². The fourth-order valence-corrected chi connectivity index (χ4v) is 3.18. The number of hydrogen-bond donors (Lipinski definition) is 0. The van der Waals surface area contributed by atoms with Crippen molar-refractivity contribution in [2.24, 2.45) is 4.99 Å². The van der Waals surface area contributed by atoms with Crippen LogP contribution in [0, 0.1) is 32.1 Å². The average Bonchev–Trinajstić information content (AvgIpc) is 2.82. The SMILES string of the molecule is Cc1ccc(/C=N/c2sc(C)c(C)c2C#N)s1. The molecule has 4 heteroatoms. The molecule has 0 bridgehead atoms. The first-order valence-electron chi connectivity index (χ1n) is 5.22. The third-order valence-corrected chi connectivity index (χ3v) is 4.60. The molecule has 2 heterocycles. The fourth-order valence-electron chi connectivity index (χ4n) is 1.48. The Balaban J connectivity index is 2.34. The quantitative estimate of drug-likeness (QED) is 0.739. The van der Waals surface area contributed by atoms with E-state index < -0.39 is 0 Å². The number of nitriles is 1. The first-order chi connectivity index (χ1) is 8.11. The molecule has 0 aliphatic carbocycles. The van der Waals surface area contributed by atoms with Gasteiger partial charge in [-0.1, -0.05) is 0 Å². The van der Waals surface area contributed by atoms with Gasteiger partial charge in [-0.25, -0.2) is 4.99 Å². The molecule has 0 spiro atoms. The first-order valence-corrected chi connectivity index (χ1v) is 6.85. The maximum absolute atomic E-state index is 9.10. The molecule has 2 aromatic heterocycles. The number of aryl methyl sites for hydroxylation is 2. The predicted octanol–water partition coefficient (Wildman–Crippen LogP) is 4.36. The minimum atomic E-state index is 0.706. The summed E-state index contributed by atoms with van der Waals surface area (Å²) in [6.45, 7) is 6.07. The van der Waals surface area contributed by atoms with Gasteiger partial charge in [-0.3, -0.25) is 0 Å². The van der Waals surface area contributed by atoms with Crippen LogP contribution in [0.2, 0.25) is 0 Å². The number of hydrogen-bond acceptors (Lipinski definition) is 4. The second kappa shape index (κ2) is 4.82. The van der Waals surface area contributed by atoms with Crippen LogP contribution in [-0.2, 0) is 0 Å². The largest absolute Gasteiger partial charge is 0.243 e. The zero-order valence-electron chi connectivity index (χ0n) is 9.94. The monoisotopic (exact) mass is 260 g/mol. The highest BCUT2D eigenvalue weighted by molar-refractivity contribution is 7.16.